The fourth-order valence-electron chi connectivity index (χ4n) is 3.61. The summed E-state index contributed by atoms with van der Waals surface area (Å²) < 4.78 is 5.18. The van der Waals surface area contributed by atoms with Crippen molar-refractivity contribution in [1.82, 2.24) is 0 Å². The predicted octanol–water partition coefficient (Wildman–Crippen LogP) is 9.48. The number of rotatable bonds is 23. The van der Waals surface area contributed by atoms with Gasteiger partial charge in [0.25, 0.3) is 0 Å². The van der Waals surface area contributed by atoms with E-state index >= 15 is 0 Å². The molecule has 0 aromatic rings. The Kier molecular flexibility index (Phi) is 25.1. The standard InChI is InChI=1S/C28H52O2/c1-3-5-6-7-8-9-10-11-12-13-14-15-16-17-18-19-20-21-22-23-24-25-27-30-28(29)26-4-2/h8-9,11-12H,3-7,10,13-27H2,1-2H3/b9-8-,12-11-. The first kappa shape index (κ1) is 28.9. The van der Waals surface area contributed by atoms with Gasteiger partial charge >= 0.3 is 5.97 Å². The maximum absolute atomic E-state index is 11.2. The molecule has 0 aromatic carbocycles. The highest BCUT2D eigenvalue weighted by atomic mass is 16.5. The van der Waals surface area contributed by atoms with E-state index in [4.69, 9.17) is 4.74 Å². The maximum atomic E-state index is 11.2. The van der Waals surface area contributed by atoms with Gasteiger partial charge in [-0.3, -0.25) is 4.79 Å². The zero-order chi connectivity index (χ0) is 22.0. The Bertz CT molecular complexity index is 397. The first-order valence-corrected chi connectivity index (χ1v) is 13.3. The third-order valence-corrected chi connectivity index (χ3v) is 5.56. The Hall–Kier alpha value is -1.05. The Morgan fingerprint density at radius 2 is 1.03 bits per heavy atom. The van der Waals surface area contributed by atoms with Gasteiger partial charge in [-0.2, -0.15) is 0 Å². The minimum Gasteiger partial charge on any atom is -0.466 e. The highest BCUT2D eigenvalue weighted by molar-refractivity contribution is 5.69. The van der Waals surface area contributed by atoms with E-state index in [1.165, 1.54) is 103 Å². The molecule has 0 aliphatic carbocycles. The molecule has 0 amide bonds. The summed E-state index contributed by atoms with van der Waals surface area (Å²) in [5.41, 5.74) is 0. The number of carbonyl (C=O) groups is 1. The van der Waals surface area contributed by atoms with Crippen LogP contribution in [0.4, 0.5) is 0 Å². The van der Waals surface area contributed by atoms with Crippen molar-refractivity contribution in [2.24, 2.45) is 0 Å². The van der Waals surface area contributed by atoms with Crippen LogP contribution in [0.1, 0.15) is 142 Å². The molecule has 0 spiro atoms. The summed E-state index contributed by atoms with van der Waals surface area (Å²) in [6.07, 6.45) is 34.4. The highest BCUT2D eigenvalue weighted by Gasteiger charge is 1.99. The Labute approximate surface area is 188 Å². The van der Waals surface area contributed by atoms with E-state index in [2.05, 4.69) is 31.2 Å². The van der Waals surface area contributed by atoms with Crippen LogP contribution in [0.3, 0.4) is 0 Å². The molecule has 176 valence electrons. The van der Waals surface area contributed by atoms with Gasteiger partial charge in [0, 0.05) is 6.42 Å². The van der Waals surface area contributed by atoms with Crippen molar-refractivity contribution < 1.29 is 9.53 Å². The van der Waals surface area contributed by atoms with Crippen molar-refractivity contribution in [3.8, 4) is 0 Å². The van der Waals surface area contributed by atoms with E-state index in [1.54, 1.807) is 0 Å². The lowest BCUT2D eigenvalue weighted by molar-refractivity contribution is -0.143. The van der Waals surface area contributed by atoms with Crippen LogP contribution in [0.15, 0.2) is 24.3 Å². The minimum atomic E-state index is -0.0325. The van der Waals surface area contributed by atoms with Crippen LogP contribution >= 0.6 is 0 Å². The van der Waals surface area contributed by atoms with Crippen LogP contribution < -0.4 is 0 Å². The fourth-order valence-corrected chi connectivity index (χ4v) is 3.61. The quantitative estimate of drug-likeness (QED) is 0.0934. The van der Waals surface area contributed by atoms with Gasteiger partial charge in [0.2, 0.25) is 0 Å². The third-order valence-electron chi connectivity index (χ3n) is 5.56. The van der Waals surface area contributed by atoms with E-state index in [0.717, 1.165) is 19.3 Å². The SMILES string of the molecule is CCCCC/C=C\C/C=C\CCCCCCCCCCCCCCOC(=O)CCC. The molecule has 0 saturated heterocycles. The summed E-state index contributed by atoms with van der Waals surface area (Å²) in [5.74, 6) is -0.0325. The van der Waals surface area contributed by atoms with E-state index < -0.39 is 0 Å². The highest BCUT2D eigenvalue weighted by Crippen LogP contribution is 2.13. The van der Waals surface area contributed by atoms with E-state index in [9.17, 15) is 4.79 Å². The first-order valence-electron chi connectivity index (χ1n) is 13.3. The summed E-state index contributed by atoms with van der Waals surface area (Å²) in [6.45, 7) is 4.89. The number of hydrogen-bond acceptors (Lipinski definition) is 2. The number of ether oxygens (including phenoxy) is 1. The number of hydrogen-bond donors (Lipinski definition) is 0. The van der Waals surface area contributed by atoms with Gasteiger partial charge in [0.1, 0.15) is 0 Å². The molecule has 2 heteroatoms. The molecule has 0 radical (unpaired) electrons. The average Bonchev–Trinajstić information content (AvgIpc) is 2.74. The van der Waals surface area contributed by atoms with E-state index in [0.29, 0.717) is 13.0 Å². The lowest BCUT2D eigenvalue weighted by Gasteiger charge is -2.04. The van der Waals surface area contributed by atoms with Gasteiger partial charge < -0.3 is 4.74 Å². The lowest BCUT2D eigenvalue weighted by Crippen LogP contribution is -2.04. The summed E-state index contributed by atoms with van der Waals surface area (Å²) in [6, 6.07) is 0. The van der Waals surface area contributed by atoms with Crippen molar-refractivity contribution >= 4 is 5.97 Å². The van der Waals surface area contributed by atoms with Crippen LogP contribution in [0.2, 0.25) is 0 Å². The third kappa shape index (κ3) is 25.0. The van der Waals surface area contributed by atoms with Gasteiger partial charge in [-0.05, 0) is 44.9 Å². The van der Waals surface area contributed by atoms with Crippen molar-refractivity contribution in [3.63, 3.8) is 0 Å². The Balaban J connectivity index is 3.14. The zero-order valence-corrected chi connectivity index (χ0v) is 20.5. The summed E-state index contributed by atoms with van der Waals surface area (Å²) in [7, 11) is 0. The second kappa shape index (κ2) is 26.0. The molecule has 0 N–H and O–H groups in total. The zero-order valence-electron chi connectivity index (χ0n) is 20.5. The molecule has 2 nitrogen and oxygen atoms in total. The van der Waals surface area contributed by atoms with Gasteiger partial charge in [0.15, 0.2) is 0 Å². The fraction of sp³-hybridized carbons (Fsp3) is 0.821. The van der Waals surface area contributed by atoms with Crippen molar-refractivity contribution in [2.75, 3.05) is 6.61 Å². The van der Waals surface area contributed by atoms with E-state index in [-0.39, 0.29) is 5.97 Å². The Morgan fingerprint density at radius 3 is 1.53 bits per heavy atom. The van der Waals surface area contributed by atoms with Crippen LogP contribution in [-0.2, 0) is 9.53 Å². The number of esters is 1. The molecule has 0 rings (SSSR count). The molecule has 0 aliphatic heterocycles. The normalized spacial score (nSPS) is 11.7. The number of carbonyl (C=O) groups excluding carboxylic acids is 1. The average molecular weight is 421 g/mol. The van der Waals surface area contributed by atoms with Crippen LogP contribution in [0.5, 0.6) is 0 Å². The topological polar surface area (TPSA) is 26.3 Å². The molecule has 0 aliphatic rings. The predicted molar refractivity (Wildman–Crippen MR) is 133 cm³/mol. The molecule has 0 unspecified atom stereocenters. The van der Waals surface area contributed by atoms with Crippen LogP contribution in [0, 0.1) is 0 Å². The maximum Gasteiger partial charge on any atom is 0.305 e. The van der Waals surface area contributed by atoms with Gasteiger partial charge in [0.05, 0.1) is 6.61 Å². The minimum absolute atomic E-state index is 0.0325. The lowest BCUT2D eigenvalue weighted by atomic mass is 10.0. The van der Waals surface area contributed by atoms with Crippen LogP contribution in [-0.4, -0.2) is 12.6 Å². The molecule has 0 heterocycles. The molecule has 0 atom stereocenters. The first-order chi connectivity index (χ1) is 14.8. The molecular formula is C28H52O2. The molecule has 0 saturated carbocycles. The Morgan fingerprint density at radius 1 is 0.567 bits per heavy atom. The van der Waals surface area contributed by atoms with Crippen LogP contribution in [0.25, 0.3) is 0 Å². The van der Waals surface area contributed by atoms with Gasteiger partial charge in [-0.1, -0.05) is 115 Å². The molecular weight excluding hydrogens is 368 g/mol. The van der Waals surface area contributed by atoms with E-state index in [1.807, 2.05) is 6.92 Å². The number of unbranched alkanes of at least 4 members (excludes halogenated alkanes) is 15. The molecule has 30 heavy (non-hydrogen) atoms. The van der Waals surface area contributed by atoms with Crippen molar-refractivity contribution in [3.05, 3.63) is 24.3 Å². The summed E-state index contributed by atoms with van der Waals surface area (Å²) in [5, 5.41) is 0. The second-order valence-electron chi connectivity index (χ2n) is 8.68. The monoisotopic (exact) mass is 420 g/mol. The van der Waals surface area contributed by atoms with Gasteiger partial charge in [-0.25, -0.2) is 0 Å². The molecule has 0 fully saturated rings. The second-order valence-corrected chi connectivity index (χ2v) is 8.68. The largest absolute Gasteiger partial charge is 0.466 e. The summed E-state index contributed by atoms with van der Waals surface area (Å²) in [4.78, 5) is 11.2. The number of allylic oxidation sites excluding steroid dienone is 4. The van der Waals surface area contributed by atoms with Crippen molar-refractivity contribution in [1.29, 1.82) is 0 Å². The van der Waals surface area contributed by atoms with Gasteiger partial charge in [-0.15, -0.1) is 0 Å². The summed E-state index contributed by atoms with van der Waals surface area (Å²) >= 11 is 0. The smallest absolute Gasteiger partial charge is 0.305 e. The molecule has 0 aromatic heterocycles. The molecule has 0 bridgehead atoms. The van der Waals surface area contributed by atoms with Crippen molar-refractivity contribution in [2.45, 2.75) is 142 Å².